The van der Waals surface area contributed by atoms with Crippen molar-refractivity contribution in [1.82, 2.24) is 39.4 Å². The third-order valence-corrected chi connectivity index (χ3v) is 13.7. The lowest BCUT2D eigenvalue weighted by Gasteiger charge is -2.36. The van der Waals surface area contributed by atoms with Gasteiger partial charge in [0.2, 0.25) is 17.8 Å². The molecule has 2 fully saturated rings. The van der Waals surface area contributed by atoms with Crippen LogP contribution in [0.15, 0.2) is 96.4 Å². The van der Waals surface area contributed by atoms with Crippen molar-refractivity contribution in [2.75, 3.05) is 41.7 Å². The summed E-state index contributed by atoms with van der Waals surface area (Å²) in [5.74, 6) is -0.639. The number of rotatable bonds is 12. The number of benzene rings is 3. The molecule has 6 heterocycles. The van der Waals surface area contributed by atoms with Crippen molar-refractivity contribution in [3.63, 3.8) is 0 Å². The van der Waals surface area contributed by atoms with Crippen LogP contribution in [0.4, 0.5) is 23.0 Å². The molecule has 0 saturated carbocycles. The Balaban J connectivity index is 0.748. The lowest BCUT2D eigenvalue weighted by atomic mass is 9.98. The van der Waals surface area contributed by atoms with E-state index < -0.39 is 17.6 Å². The molecule has 10 rings (SSSR count). The Hall–Kier alpha value is -7.21. The molecule has 342 valence electrons. The number of nitrogens with one attached hydrogen (secondary N) is 3. The minimum Gasteiger partial charge on any atom is -0.384 e. The highest BCUT2D eigenvalue weighted by Gasteiger charge is 2.40. The zero-order valence-electron chi connectivity index (χ0n) is 36.8. The number of halogens is 1. The molecule has 1 unspecified atom stereocenters. The van der Waals surface area contributed by atoms with Gasteiger partial charge in [-0.2, -0.15) is 4.98 Å². The molecule has 18 heteroatoms. The zero-order chi connectivity index (χ0) is 46.6. The smallest absolute Gasteiger partial charge is 0.278 e. The zero-order valence-corrected chi connectivity index (χ0v) is 37.6. The summed E-state index contributed by atoms with van der Waals surface area (Å²) in [6.07, 6.45) is 5.50. The number of aromatic nitrogens is 5. The molecule has 4 N–H and O–H groups in total. The van der Waals surface area contributed by atoms with Gasteiger partial charge in [0, 0.05) is 85.1 Å². The van der Waals surface area contributed by atoms with E-state index in [-0.39, 0.29) is 49.2 Å². The second-order valence-electron chi connectivity index (χ2n) is 17.4. The van der Waals surface area contributed by atoms with Gasteiger partial charge in [0.25, 0.3) is 17.4 Å². The Labute approximate surface area is 390 Å². The van der Waals surface area contributed by atoms with E-state index in [4.69, 9.17) is 21.6 Å². The first-order chi connectivity index (χ1) is 32.4. The molecular weight excluding hydrogens is 874 g/mol. The van der Waals surface area contributed by atoms with Crippen LogP contribution < -0.4 is 26.4 Å². The maximum Gasteiger partial charge on any atom is 0.278 e. The number of carbonyl (C=O) groups is 4. The number of aliphatic hydroxyl groups is 1. The fourth-order valence-corrected chi connectivity index (χ4v) is 9.82. The number of pyridine rings is 1. The molecular formula is C49H48ClN11O6. The number of allylic oxidation sites excluding steroid dienone is 1. The van der Waals surface area contributed by atoms with Crippen LogP contribution in [0.5, 0.6) is 0 Å². The van der Waals surface area contributed by atoms with E-state index in [9.17, 15) is 29.1 Å². The molecule has 0 bridgehead atoms. The molecule has 3 aromatic carbocycles. The molecule has 67 heavy (non-hydrogen) atoms. The maximum absolute atomic E-state index is 13.6. The minimum atomic E-state index is -1.02. The fourth-order valence-electron chi connectivity index (χ4n) is 9.57. The largest absolute Gasteiger partial charge is 0.384 e. The van der Waals surface area contributed by atoms with E-state index in [2.05, 4.69) is 49.4 Å². The van der Waals surface area contributed by atoms with Crippen LogP contribution >= 0.6 is 11.6 Å². The van der Waals surface area contributed by atoms with Crippen LogP contribution in [0.25, 0.3) is 16.9 Å². The second-order valence-corrected chi connectivity index (χ2v) is 17.9. The van der Waals surface area contributed by atoms with Crippen LogP contribution in [0.1, 0.15) is 75.7 Å². The number of fused-ring (bicyclic) bond motifs is 3. The van der Waals surface area contributed by atoms with Gasteiger partial charge in [0.1, 0.15) is 17.0 Å². The van der Waals surface area contributed by atoms with Crippen molar-refractivity contribution >= 4 is 69.3 Å². The van der Waals surface area contributed by atoms with Gasteiger partial charge in [-0.05, 0) is 103 Å². The summed E-state index contributed by atoms with van der Waals surface area (Å²) < 4.78 is 3.20. The Morgan fingerprint density at radius 1 is 0.955 bits per heavy atom. The predicted octanol–water partition coefficient (Wildman–Crippen LogP) is 5.44. The molecule has 4 amide bonds. The van der Waals surface area contributed by atoms with Gasteiger partial charge in [-0.1, -0.05) is 36.7 Å². The van der Waals surface area contributed by atoms with E-state index in [1.807, 2.05) is 37.3 Å². The summed E-state index contributed by atoms with van der Waals surface area (Å²) in [7, 11) is 0. The average molecular weight is 922 g/mol. The number of piperidine rings is 1. The number of anilines is 4. The van der Waals surface area contributed by atoms with Crippen LogP contribution in [-0.4, -0.2) is 95.1 Å². The van der Waals surface area contributed by atoms with Crippen molar-refractivity contribution in [2.45, 2.75) is 70.3 Å². The molecule has 4 aliphatic rings. The SMILES string of the molecule is C=CCn1c(=O)c2cnc(Nc3ccc(N4CCN(Cc5ccc(C(=O)Nc6ccc7c(c6)CN(C6CCC(=O)NC6=O)C7=O)cc5Cl)CC4)cc3)nc2n1-c1ccc2c(n1)[C@@](O)(CC)CC2. The number of amides is 4. The van der Waals surface area contributed by atoms with Crippen molar-refractivity contribution in [3.8, 4) is 5.82 Å². The van der Waals surface area contributed by atoms with Gasteiger partial charge in [-0.3, -0.25) is 34.2 Å². The normalized spacial score (nSPS) is 19.4. The lowest BCUT2D eigenvalue weighted by Crippen LogP contribution is -2.52. The maximum atomic E-state index is 13.6. The summed E-state index contributed by atoms with van der Waals surface area (Å²) >= 11 is 6.75. The van der Waals surface area contributed by atoms with Crippen LogP contribution in [0.2, 0.25) is 5.02 Å². The summed E-state index contributed by atoms with van der Waals surface area (Å²) in [5, 5.41) is 20.6. The van der Waals surface area contributed by atoms with Gasteiger partial charge < -0.3 is 25.5 Å². The molecule has 17 nitrogen and oxygen atoms in total. The number of carbonyl (C=O) groups excluding carboxylic acids is 4. The van der Waals surface area contributed by atoms with E-state index in [0.29, 0.717) is 75.3 Å². The van der Waals surface area contributed by atoms with Gasteiger partial charge >= 0.3 is 0 Å². The number of hydrogen-bond donors (Lipinski definition) is 4. The van der Waals surface area contributed by atoms with Gasteiger partial charge in [0.15, 0.2) is 11.5 Å². The predicted molar refractivity (Wildman–Crippen MR) is 253 cm³/mol. The summed E-state index contributed by atoms with van der Waals surface area (Å²) in [4.78, 5) is 84.3. The van der Waals surface area contributed by atoms with Crippen LogP contribution in [0, 0.1) is 0 Å². The molecule has 2 atom stereocenters. The number of hydrogen-bond acceptors (Lipinski definition) is 12. The Morgan fingerprint density at radius 3 is 2.49 bits per heavy atom. The van der Waals surface area contributed by atoms with Gasteiger partial charge in [-0.15, -0.1) is 6.58 Å². The lowest BCUT2D eigenvalue weighted by molar-refractivity contribution is -0.136. The van der Waals surface area contributed by atoms with E-state index in [0.717, 1.165) is 55.1 Å². The monoisotopic (exact) mass is 921 g/mol. The van der Waals surface area contributed by atoms with Crippen molar-refractivity contribution < 1.29 is 24.3 Å². The minimum absolute atomic E-state index is 0.174. The molecule has 3 aliphatic heterocycles. The number of piperazine rings is 1. The first-order valence-corrected chi connectivity index (χ1v) is 22.8. The molecule has 1 aliphatic carbocycles. The van der Waals surface area contributed by atoms with Crippen molar-refractivity contribution in [2.24, 2.45) is 0 Å². The number of nitrogens with zero attached hydrogens (tertiary/aromatic N) is 8. The Bertz CT molecular complexity index is 3070. The van der Waals surface area contributed by atoms with Crippen molar-refractivity contribution in [1.29, 1.82) is 0 Å². The first kappa shape index (κ1) is 43.7. The van der Waals surface area contributed by atoms with Gasteiger partial charge in [-0.25, -0.2) is 19.3 Å². The summed E-state index contributed by atoms with van der Waals surface area (Å²) in [5.41, 5.74) is 5.57. The molecule has 6 aromatic rings. The molecule has 3 aromatic heterocycles. The summed E-state index contributed by atoms with van der Waals surface area (Å²) in [6, 6.07) is 21.5. The van der Waals surface area contributed by atoms with Crippen LogP contribution in [-0.2, 0) is 41.2 Å². The Kier molecular flexibility index (Phi) is 11.4. The molecule has 0 spiro atoms. The molecule has 0 radical (unpaired) electrons. The van der Waals surface area contributed by atoms with E-state index >= 15 is 0 Å². The Morgan fingerprint density at radius 2 is 1.75 bits per heavy atom. The standard InChI is InChI=1S/C49H48ClN11O6/c1-3-19-60-47(66)37-26-51-48(56-43(37)61(60)40-15-7-29-17-18-49(67,4-2)42(29)54-40)53-33-8-11-35(12-9-33)58-22-20-57(21-23-58)27-31-6-5-30(25-38(31)50)44(63)52-34-10-13-36-32(24-34)28-59(46(36)65)39-14-16-41(62)55-45(39)64/h3,5-13,15,24-26,39,67H,1,4,14,16-23,27-28H2,2H3,(H,52,63)(H,51,53,56)(H,55,62,64)/t39?,49-/m1/s1. The highest BCUT2D eigenvalue weighted by Crippen LogP contribution is 2.39. The van der Waals surface area contributed by atoms with E-state index in [1.54, 1.807) is 41.1 Å². The summed E-state index contributed by atoms with van der Waals surface area (Å²) in [6.45, 7) is 10.1. The number of imide groups is 1. The van der Waals surface area contributed by atoms with Gasteiger partial charge in [0.05, 0.1) is 12.2 Å². The fraction of sp³-hybridized carbons (Fsp3) is 0.306. The van der Waals surface area contributed by atoms with Crippen molar-refractivity contribution in [3.05, 3.63) is 141 Å². The highest BCUT2D eigenvalue weighted by atomic mass is 35.5. The third-order valence-electron chi connectivity index (χ3n) is 13.3. The van der Waals surface area contributed by atoms with Crippen LogP contribution in [0.3, 0.4) is 0 Å². The average Bonchev–Trinajstić information content (AvgIpc) is 3.94. The topological polar surface area (TPSA) is 200 Å². The van der Waals surface area contributed by atoms with E-state index in [1.165, 1.54) is 15.8 Å². The quantitative estimate of drug-likeness (QED) is 0.0897. The second kappa shape index (κ2) is 17.5. The number of aryl methyl sites for hydroxylation is 1. The highest BCUT2D eigenvalue weighted by molar-refractivity contribution is 6.31. The molecule has 2 saturated heterocycles. The third kappa shape index (κ3) is 8.23. The first-order valence-electron chi connectivity index (χ1n) is 22.4.